The summed E-state index contributed by atoms with van der Waals surface area (Å²) in [6, 6.07) is 21.7. The highest BCUT2D eigenvalue weighted by atomic mass is 35.5. The molecule has 0 nitrogen and oxygen atoms in total. The van der Waals surface area contributed by atoms with Gasteiger partial charge in [0.05, 0.1) is 0 Å². The van der Waals surface area contributed by atoms with Gasteiger partial charge in [-0.3, -0.25) is 0 Å². The minimum absolute atomic E-state index is 0.607. The van der Waals surface area contributed by atoms with E-state index in [2.05, 4.69) is 67.6 Å². The number of benzene rings is 2. The first-order chi connectivity index (χ1) is 10.3. The average molecular weight is 301 g/mol. The lowest BCUT2D eigenvalue weighted by molar-refractivity contribution is 0.380. The van der Waals surface area contributed by atoms with Gasteiger partial charge in [0, 0.05) is 5.88 Å². The maximum Gasteiger partial charge on any atom is 0.0226 e. The summed E-state index contributed by atoms with van der Waals surface area (Å²) in [7, 11) is 0. The first-order valence-electron chi connectivity index (χ1n) is 8.00. The van der Waals surface area contributed by atoms with Crippen molar-refractivity contribution in [1.29, 1.82) is 0 Å². The van der Waals surface area contributed by atoms with Crippen LogP contribution in [0.15, 0.2) is 60.7 Å². The van der Waals surface area contributed by atoms with Crippen LogP contribution in [-0.4, -0.2) is 5.88 Å². The minimum atomic E-state index is 0.607. The van der Waals surface area contributed by atoms with Crippen LogP contribution in [0.3, 0.4) is 0 Å². The van der Waals surface area contributed by atoms with Crippen molar-refractivity contribution in [3.63, 3.8) is 0 Å². The van der Waals surface area contributed by atoms with Crippen molar-refractivity contribution in [1.82, 2.24) is 0 Å². The molecule has 0 radical (unpaired) electrons. The summed E-state index contributed by atoms with van der Waals surface area (Å²) in [6.45, 7) is 2.29. The summed E-state index contributed by atoms with van der Waals surface area (Å²) in [5, 5.41) is 0. The van der Waals surface area contributed by atoms with Crippen LogP contribution in [0.1, 0.15) is 43.2 Å². The number of alkyl halides is 1. The third-order valence-electron chi connectivity index (χ3n) is 4.39. The van der Waals surface area contributed by atoms with E-state index in [-0.39, 0.29) is 0 Å². The molecule has 0 spiro atoms. The normalized spacial score (nSPS) is 13.8. The largest absolute Gasteiger partial charge is 0.127 e. The fraction of sp³-hybridized carbons (Fsp3) is 0.400. The first-order valence-corrected chi connectivity index (χ1v) is 8.53. The maximum atomic E-state index is 6.02. The maximum absolute atomic E-state index is 6.02. The Kier molecular flexibility index (Phi) is 6.82. The Morgan fingerprint density at radius 1 is 0.857 bits per heavy atom. The highest BCUT2D eigenvalue weighted by Crippen LogP contribution is 2.34. The second kappa shape index (κ2) is 8.89. The molecule has 2 rings (SSSR count). The number of rotatable bonds is 8. The van der Waals surface area contributed by atoms with Gasteiger partial charge < -0.3 is 0 Å². The van der Waals surface area contributed by atoms with Gasteiger partial charge in [0.25, 0.3) is 0 Å². The molecule has 112 valence electrons. The van der Waals surface area contributed by atoms with Crippen molar-refractivity contribution >= 4 is 11.6 Å². The molecule has 2 atom stereocenters. The third-order valence-corrected chi connectivity index (χ3v) is 4.61. The topological polar surface area (TPSA) is 0 Å². The van der Waals surface area contributed by atoms with Crippen molar-refractivity contribution in [2.24, 2.45) is 5.92 Å². The molecule has 0 aliphatic rings. The van der Waals surface area contributed by atoms with Crippen LogP contribution >= 0.6 is 11.6 Å². The summed E-state index contributed by atoms with van der Waals surface area (Å²) >= 11 is 6.02. The molecule has 0 saturated carbocycles. The van der Waals surface area contributed by atoms with E-state index in [0.717, 1.165) is 18.7 Å². The number of aryl methyl sites for hydroxylation is 1. The molecule has 0 bridgehead atoms. The number of hydrogen-bond donors (Lipinski definition) is 0. The van der Waals surface area contributed by atoms with E-state index < -0.39 is 0 Å². The summed E-state index contributed by atoms with van der Waals surface area (Å²) < 4.78 is 0. The van der Waals surface area contributed by atoms with Gasteiger partial charge in [-0.2, -0.15) is 0 Å². The van der Waals surface area contributed by atoms with Crippen LogP contribution < -0.4 is 0 Å². The molecular weight excluding hydrogens is 276 g/mol. The van der Waals surface area contributed by atoms with Crippen molar-refractivity contribution in [3.8, 4) is 0 Å². The van der Waals surface area contributed by atoms with Crippen molar-refractivity contribution < 1.29 is 0 Å². The fourth-order valence-corrected chi connectivity index (χ4v) is 3.45. The van der Waals surface area contributed by atoms with E-state index in [1.807, 2.05) is 0 Å². The molecule has 0 fully saturated rings. The minimum Gasteiger partial charge on any atom is -0.127 e. The fourth-order valence-electron chi connectivity index (χ4n) is 3.17. The third kappa shape index (κ3) is 4.89. The van der Waals surface area contributed by atoms with Crippen LogP contribution in [0.25, 0.3) is 0 Å². The Labute approximate surface area is 134 Å². The van der Waals surface area contributed by atoms with Crippen LogP contribution in [0.2, 0.25) is 0 Å². The smallest absolute Gasteiger partial charge is 0.0226 e. The molecule has 0 aliphatic heterocycles. The van der Waals surface area contributed by atoms with Gasteiger partial charge in [-0.1, -0.05) is 74.0 Å². The highest BCUT2D eigenvalue weighted by molar-refractivity contribution is 6.17. The quantitative estimate of drug-likeness (QED) is 0.520. The predicted molar refractivity (Wildman–Crippen MR) is 93.1 cm³/mol. The Hall–Kier alpha value is -1.27. The Balaban J connectivity index is 2.11. The van der Waals surface area contributed by atoms with Gasteiger partial charge in [-0.15, -0.1) is 11.6 Å². The van der Waals surface area contributed by atoms with Crippen molar-refractivity contribution in [2.75, 3.05) is 5.88 Å². The summed E-state index contributed by atoms with van der Waals surface area (Å²) in [5.41, 5.74) is 2.89. The number of hydrogen-bond acceptors (Lipinski definition) is 0. The van der Waals surface area contributed by atoms with Gasteiger partial charge in [0.1, 0.15) is 0 Å². The highest BCUT2D eigenvalue weighted by Gasteiger charge is 2.21. The second-order valence-electron chi connectivity index (χ2n) is 5.69. The van der Waals surface area contributed by atoms with E-state index in [0.29, 0.717) is 11.8 Å². The van der Waals surface area contributed by atoms with Crippen LogP contribution in [0.4, 0.5) is 0 Å². The van der Waals surface area contributed by atoms with E-state index >= 15 is 0 Å². The zero-order valence-corrected chi connectivity index (χ0v) is 13.6. The molecule has 0 aliphatic carbocycles. The van der Waals surface area contributed by atoms with E-state index in [1.54, 1.807) is 0 Å². The molecule has 0 N–H and O–H groups in total. The van der Waals surface area contributed by atoms with Crippen molar-refractivity contribution in [3.05, 3.63) is 71.8 Å². The van der Waals surface area contributed by atoms with Gasteiger partial charge in [-0.05, 0) is 42.2 Å². The molecule has 2 unspecified atom stereocenters. The lowest BCUT2D eigenvalue weighted by Gasteiger charge is -2.26. The zero-order valence-electron chi connectivity index (χ0n) is 12.8. The summed E-state index contributed by atoms with van der Waals surface area (Å²) in [6.07, 6.45) is 4.64. The Morgan fingerprint density at radius 2 is 1.48 bits per heavy atom. The summed E-state index contributed by atoms with van der Waals surface area (Å²) in [5.74, 6) is 2.04. The predicted octanol–water partition coefficient (Wildman–Crippen LogP) is 6.06. The summed E-state index contributed by atoms with van der Waals surface area (Å²) in [4.78, 5) is 0. The van der Waals surface area contributed by atoms with E-state index in [1.165, 1.54) is 24.0 Å². The van der Waals surface area contributed by atoms with Gasteiger partial charge in [0.15, 0.2) is 0 Å². The van der Waals surface area contributed by atoms with Gasteiger partial charge in [0.2, 0.25) is 0 Å². The molecule has 2 aromatic rings. The van der Waals surface area contributed by atoms with Gasteiger partial charge >= 0.3 is 0 Å². The molecule has 0 amide bonds. The lowest BCUT2D eigenvalue weighted by Crippen LogP contribution is -2.14. The van der Waals surface area contributed by atoms with Crippen LogP contribution in [0.5, 0.6) is 0 Å². The molecule has 1 heteroatoms. The standard InChI is InChI=1S/C20H25Cl/c1-2-18(15-16-21)20(19-11-7-4-8-12-19)14-13-17-9-5-3-6-10-17/h3-12,18,20H,2,13-16H2,1H3. The molecular formula is C20H25Cl. The molecule has 2 aromatic carbocycles. The SMILES string of the molecule is CCC(CCCl)C(CCc1ccccc1)c1ccccc1. The van der Waals surface area contributed by atoms with E-state index in [4.69, 9.17) is 11.6 Å². The average Bonchev–Trinajstić information content (AvgIpc) is 2.56. The van der Waals surface area contributed by atoms with Crippen LogP contribution in [-0.2, 0) is 6.42 Å². The molecule has 21 heavy (non-hydrogen) atoms. The van der Waals surface area contributed by atoms with Crippen molar-refractivity contribution in [2.45, 2.75) is 38.5 Å². The monoisotopic (exact) mass is 300 g/mol. The van der Waals surface area contributed by atoms with Crippen LogP contribution in [0, 0.1) is 5.92 Å². The molecule has 0 heterocycles. The molecule has 0 aromatic heterocycles. The molecule has 0 saturated heterocycles. The Bertz CT molecular complexity index is 492. The first kappa shape index (κ1) is 16.1. The zero-order chi connectivity index (χ0) is 14.9. The number of halogens is 1. The second-order valence-corrected chi connectivity index (χ2v) is 6.07. The Morgan fingerprint density at radius 3 is 2.05 bits per heavy atom. The lowest BCUT2D eigenvalue weighted by atomic mass is 9.79. The van der Waals surface area contributed by atoms with E-state index in [9.17, 15) is 0 Å². The van der Waals surface area contributed by atoms with Gasteiger partial charge in [-0.25, -0.2) is 0 Å².